The van der Waals surface area contributed by atoms with Crippen LogP contribution in [0.1, 0.15) is 68.7 Å². The lowest BCUT2D eigenvalue weighted by Crippen LogP contribution is -2.52. The number of likely N-dealkylation sites (tertiary alicyclic amines) is 1. The number of hydrogen-bond donors (Lipinski definition) is 4. The van der Waals surface area contributed by atoms with E-state index in [1.165, 1.54) is 12.1 Å². The molecule has 4 aromatic rings. The second kappa shape index (κ2) is 18.0. The highest BCUT2D eigenvalue weighted by Crippen LogP contribution is 2.50. The number of hydrogen-bond acceptors (Lipinski definition) is 6. The molecule has 61 heavy (non-hydrogen) atoms. The van der Waals surface area contributed by atoms with Crippen molar-refractivity contribution < 1.29 is 46.1 Å². The van der Waals surface area contributed by atoms with Crippen LogP contribution in [0.4, 0.5) is 26.3 Å². The number of carbonyl (C=O) groups is 2. The Balaban J connectivity index is 0.000000201. The smallest absolute Gasteiger partial charge is 0.394 e. The van der Waals surface area contributed by atoms with Gasteiger partial charge >= 0.3 is 12.6 Å². The monoisotopic (exact) mass is 988 g/mol. The van der Waals surface area contributed by atoms with Crippen molar-refractivity contribution in [3.8, 4) is 0 Å². The molecule has 8 rings (SSSR count). The highest BCUT2D eigenvalue weighted by Gasteiger charge is 2.46. The summed E-state index contributed by atoms with van der Waals surface area (Å²) in [4.78, 5) is 29.7. The Labute approximate surface area is 367 Å². The normalized spacial score (nSPS) is 23.5. The number of carbonyl (C=O) groups excluding carboxylic acids is 2. The summed E-state index contributed by atoms with van der Waals surface area (Å²) in [6.45, 7) is 4.54. The molecular formula is C43H52Br2F6N6O4. The Morgan fingerprint density at radius 1 is 0.787 bits per heavy atom. The second-order valence-corrected chi connectivity index (χ2v) is 17.8. The molecule has 1 saturated heterocycles. The van der Waals surface area contributed by atoms with Crippen molar-refractivity contribution in [1.29, 1.82) is 0 Å². The number of likely N-dealkylation sites (N-methyl/N-ethyl adjacent to an activating group) is 2. The van der Waals surface area contributed by atoms with Crippen LogP contribution in [0.5, 0.6) is 0 Å². The molecule has 10 nitrogen and oxygen atoms in total. The Morgan fingerprint density at radius 3 is 1.89 bits per heavy atom. The topological polar surface area (TPSA) is 115 Å². The predicted molar refractivity (Wildman–Crippen MR) is 230 cm³/mol. The van der Waals surface area contributed by atoms with Gasteiger partial charge in [0.2, 0.25) is 11.8 Å². The van der Waals surface area contributed by atoms with Crippen LogP contribution in [0, 0.1) is 11.8 Å². The summed E-state index contributed by atoms with van der Waals surface area (Å²) in [6.07, 6.45) is -4.40. The first kappa shape index (κ1) is 47.1. The van der Waals surface area contributed by atoms with Gasteiger partial charge in [0.05, 0.1) is 57.4 Å². The number of benzene rings is 2. The van der Waals surface area contributed by atoms with Gasteiger partial charge in [0.15, 0.2) is 0 Å². The molecule has 18 heteroatoms. The molecule has 4 N–H and O–H groups in total. The molecule has 4 aliphatic rings. The molecule has 0 radical (unpaired) electrons. The zero-order valence-electron chi connectivity index (χ0n) is 33.5. The van der Waals surface area contributed by atoms with E-state index in [1.807, 2.05) is 51.1 Å². The summed E-state index contributed by atoms with van der Waals surface area (Å²) in [6, 6.07) is 9.34. The predicted octanol–water partition coefficient (Wildman–Crippen LogP) is 8.00. The largest absolute Gasteiger partial charge is 0.489 e. The van der Waals surface area contributed by atoms with Crippen LogP contribution in [0.2, 0.25) is 0 Å². The minimum Gasteiger partial charge on any atom is -0.394 e. The maximum atomic E-state index is 13.7. The second-order valence-electron chi connectivity index (χ2n) is 16.3. The Morgan fingerprint density at radius 2 is 1.33 bits per heavy atom. The first-order valence-electron chi connectivity index (χ1n) is 20.1. The van der Waals surface area contributed by atoms with Gasteiger partial charge in [-0.1, -0.05) is 51.6 Å². The van der Waals surface area contributed by atoms with Gasteiger partial charge < -0.3 is 25.7 Å². The summed E-state index contributed by atoms with van der Waals surface area (Å²) in [5.74, 6) is -1.02. The number of alkyl halides is 6. The molecule has 7 atom stereocenters. The van der Waals surface area contributed by atoms with Gasteiger partial charge in [-0.2, -0.15) is 0 Å². The van der Waals surface area contributed by atoms with Gasteiger partial charge in [-0.3, -0.25) is 14.5 Å². The van der Waals surface area contributed by atoms with Crippen LogP contribution in [0.15, 0.2) is 51.7 Å². The Kier molecular flexibility index (Phi) is 13.9. The average Bonchev–Trinajstić information content (AvgIpc) is 3.67. The molecule has 2 aromatic heterocycles. The van der Waals surface area contributed by atoms with Gasteiger partial charge in [-0.15, -0.1) is 26.3 Å². The summed E-state index contributed by atoms with van der Waals surface area (Å²) in [5, 5.41) is 25.8. The number of nitrogens with one attached hydrogen (secondary N) is 2. The zero-order chi connectivity index (χ0) is 43.6. The highest BCUT2D eigenvalue weighted by atomic mass is 79.9. The number of aliphatic hydroxyl groups excluding tert-OH is 2. The number of aromatic nitrogens is 2. The van der Waals surface area contributed by atoms with Crippen molar-refractivity contribution in [3.63, 3.8) is 0 Å². The molecule has 2 aliphatic heterocycles. The van der Waals surface area contributed by atoms with Crippen LogP contribution >= 0.6 is 31.9 Å². The van der Waals surface area contributed by atoms with Crippen molar-refractivity contribution in [2.45, 2.75) is 96.1 Å². The van der Waals surface area contributed by atoms with E-state index in [-0.39, 0.29) is 88.7 Å². The summed E-state index contributed by atoms with van der Waals surface area (Å²) in [7, 11) is 3.82. The lowest BCUT2D eigenvalue weighted by Gasteiger charge is -2.45. The van der Waals surface area contributed by atoms with Crippen LogP contribution in [0.3, 0.4) is 0 Å². The number of nitrogens with zero attached hydrogens (tertiary/aromatic N) is 4. The fourth-order valence-electron chi connectivity index (χ4n) is 9.70. The van der Waals surface area contributed by atoms with Crippen LogP contribution in [0.25, 0.3) is 27.4 Å². The van der Waals surface area contributed by atoms with Gasteiger partial charge in [0.1, 0.15) is 0 Å². The van der Waals surface area contributed by atoms with Crippen molar-refractivity contribution in [1.82, 2.24) is 29.6 Å². The number of amides is 2. The van der Waals surface area contributed by atoms with Gasteiger partial charge in [0.25, 0.3) is 0 Å². The SMILES string of the molecule is C.CC[C@@H](CO)NC(=O)[C@@H]1C=C2c3cccc4c3c(c(Br)n4C(F)(F)F)C[C@H]2N(C)C1.CC[C@@H](CO)NC(=O)[C@@H]1CC2c3cccc4c3c(c(Br)n4C(F)(F)F)C[C@H]2N(C)C1. The van der Waals surface area contributed by atoms with Crippen molar-refractivity contribution in [2.75, 3.05) is 40.4 Å². The standard InChI is InChI=1S/C21H25BrF3N3O2.C21H23BrF3N3O2.CH4/c2*1-3-12(10-29)26-20(30)11-7-14-13-5-4-6-16-18(13)15(8-17(14)27(2)9-11)19(22)28(16)21(23,24)25;/h4-6,11-12,14,17,29H,3,7-10H2,1-2H3,(H,26,30);4-7,11-12,17,29H,3,8-10H2,1-2H3,(H,26,30);1H4/t11-,12+,14?,17-;11-,12+,17-;/m11./s1. The maximum absolute atomic E-state index is 13.7. The van der Waals surface area contributed by atoms with E-state index in [2.05, 4.69) is 47.4 Å². The molecule has 334 valence electrons. The minimum absolute atomic E-state index is 0. The molecule has 2 amide bonds. The number of rotatable bonds is 8. The Bertz CT molecular complexity index is 2320. The third-order valence-corrected chi connectivity index (χ3v) is 14.4. The van der Waals surface area contributed by atoms with Gasteiger partial charge in [-0.25, -0.2) is 9.13 Å². The number of halogens is 8. The fraction of sp³-hybridized carbons (Fsp3) is 0.535. The van der Waals surface area contributed by atoms with Crippen molar-refractivity contribution >= 4 is 71.1 Å². The van der Waals surface area contributed by atoms with E-state index in [0.29, 0.717) is 76.2 Å². The van der Waals surface area contributed by atoms with Gasteiger partial charge in [0, 0.05) is 41.9 Å². The first-order chi connectivity index (χ1) is 28.3. The number of aliphatic hydroxyl groups is 2. The molecule has 2 aliphatic carbocycles. The third kappa shape index (κ3) is 8.53. The Hall–Kier alpha value is -3.42. The van der Waals surface area contributed by atoms with Crippen LogP contribution in [-0.4, -0.2) is 106 Å². The average molecular weight is 991 g/mol. The van der Waals surface area contributed by atoms with E-state index in [9.17, 15) is 46.1 Å². The fourth-order valence-corrected chi connectivity index (χ4v) is 11.2. The molecule has 0 spiro atoms. The van der Waals surface area contributed by atoms with Crippen molar-refractivity contribution in [3.05, 3.63) is 73.9 Å². The summed E-state index contributed by atoms with van der Waals surface area (Å²) in [5.41, 5.74) is 4.08. The lowest BCUT2D eigenvalue weighted by molar-refractivity contribution is -0.203. The van der Waals surface area contributed by atoms with Crippen molar-refractivity contribution in [2.24, 2.45) is 11.8 Å². The molecule has 0 bridgehead atoms. The number of piperidine rings is 1. The molecule has 1 fully saturated rings. The van der Waals surface area contributed by atoms with E-state index >= 15 is 0 Å². The minimum atomic E-state index is -4.54. The number of fused-ring (bicyclic) bond motifs is 4. The van der Waals surface area contributed by atoms with Crippen LogP contribution < -0.4 is 10.6 Å². The first-order valence-corrected chi connectivity index (χ1v) is 21.7. The molecular weight excluding hydrogens is 938 g/mol. The third-order valence-electron chi connectivity index (χ3n) is 12.8. The van der Waals surface area contributed by atoms with Gasteiger partial charge in [-0.05, 0) is 118 Å². The summed E-state index contributed by atoms with van der Waals surface area (Å²) < 4.78 is 83.3. The van der Waals surface area contributed by atoms with E-state index in [1.54, 1.807) is 12.1 Å². The molecule has 0 saturated carbocycles. The highest BCUT2D eigenvalue weighted by molar-refractivity contribution is 9.10. The summed E-state index contributed by atoms with van der Waals surface area (Å²) >= 11 is 6.40. The van der Waals surface area contributed by atoms with E-state index in [0.717, 1.165) is 16.7 Å². The quantitative estimate of drug-likeness (QED) is 0.133. The molecule has 4 heterocycles. The van der Waals surface area contributed by atoms with Crippen LogP contribution in [-0.2, 0) is 35.0 Å². The van der Waals surface area contributed by atoms with E-state index in [4.69, 9.17) is 0 Å². The molecule has 1 unspecified atom stereocenters. The van der Waals surface area contributed by atoms with E-state index < -0.39 is 18.5 Å². The lowest BCUT2D eigenvalue weighted by atomic mass is 9.72. The molecule has 2 aromatic carbocycles. The maximum Gasteiger partial charge on any atom is 0.489 e. The zero-order valence-corrected chi connectivity index (χ0v) is 36.6.